The summed E-state index contributed by atoms with van der Waals surface area (Å²) < 4.78 is 15.0. The minimum absolute atomic E-state index is 0.0730. The summed E-state index contributed by atoms with van der Waals surface area (Å²) in [6.45, 7) is 2.51. The van der Waals surface area contributed by atoms with E-state index in [0.29, 0.717) is 0 Å². The van der Waals surface area contributed by atoms with Crippen molar-refractivity contribution in [3.05, 3.63) is 185 Å². The molecule has 1 aliphatic heterocycles. The second-order valence-corrected chi connectivity index (χ2v) is 17.9. The van der Waals surface area contributed by atoms with Gasteiger partial charge in [0.2, 0.25) is 0 Å². The lowest BCUT2D eigenvalue weighted by atomic mass is 9.91. The third-order valence-corrected chi connectivity index (χ3v) is 16.7. The van der Waals surface area contributed by atoms with Crippen LogP contribution in [-0.4, -0.2) is 14.1 Å². The van der Waals surface area contributed by atoms with Crippen LogP contribution in [0, 0.1) is 5.82 Å². The molecule has 0 bridgehead atoms. The molecule has 46 heavy (non-hydrogen) atoms. The Balaban J connectivity index is 1.32. The van der Waals surface area contributed by atoms with E-state index in [1.807, 2.05) is 6.07 Å². The minimum atomic E-state index is -2.67. The smallest absolute Gasteiger partial charge is 0.153 e. The second-order valence-electron chi connectivity index (χ2n) is 13.4. The van der Waals surface area contributed by atoms with Crippen molar-refractivity contribution in [2.45, 2.75) is 56.0 Å². The molecule has 4 aliphatic carbocycles. The molecule has 0 N–H and O–H groups in total. The van der Waals surface area contributed by atoms with Crippen LogP contribution >= 0.6 is 0 Å². The quantitative estimate of drug-likeness (QED) is 0.249. The Labute approximate surface area is 273 Å². The summed E-state index contributed by atoms with van der Waals surface area (Å²) >= 11 is 0. The van der Waals surface area contributed by atoms with E-state index in [4.69, 9.17) is 0 Å². The molecule has 228 valence electrons. The standard InChI is InChI=1S/C43H40FNSi/c1-43(28-26-33(27-29-43)32-14-6-2-7-15-32)46(36-18-10-4-11-19-36,37-20-12-5-13-21-37)38-23-25-42-40(31-38)39-30-34(44)22-24-41(39)45(42)35-16-8-3-9-17-35/h2,4-8,10-12,14-20,22-28,30-31,40,42H,3,9,13,21,29H2,1H3. The first-order valence-electron chi connectivity index (χ1n) is 16.8. The van der Waals surface area contributed by atoms with Crippen molar-refractivity contribution in [2.75, 3.05) is 4.90 Å². The van der Waals surface area contributed by atoms with E-state index in [1.54, 1.807) is 17.3 Å². The summed E-state index contributed by atoms with van der Waals surface area (Å²) in [5.74, 6) is -0.0895. The van der Waals surface area contributed by atoms with Crippen LogP contribution in [0.4, 0.5) is 10.1 Å². The van der Waals surface area contributed by atoms with Gasteiger partial charge in [-0.15, -0.1) is 0 Å². The van der Waals surface area contributed by atoms with Crippen molar-refractivity contribution < 1.29 is 4.39 Å². The molecule has 1 heterocycles. The monoisotopic (exact) mass is 617 g/mol. The van der Waals surface area contributed by atoms with Crippen LogP contribution in [0.25, 0.3) is 5.57 Å². The molecule has 0 amide bonds. The Hall–Kier alpha value is -4.47. The van der Waals surface area contributed by atoms with Gasteiger partial charge >= 0.3 is 0 Å². The van der Waals surface area contributed by atoms with Crippen molar-refractivity contribution in [1.29, 1.82) is 0 Å². The van der Waals surface area contributed by atoms with Crippen LogP contribution in [0.15, 0.2) is 168 Å². The fraction of sp³-hybridized carbons (Fsp3) is 0.209. The summed E-state index contributed by atoms with van der Waals surface area (Å²) in [7, 11) is -2.67. The molecule has 0 spiro atoms. The van der Waals surface area contributed by atoms with Crippen LogP contribution in [-0.2, 0) is 0 Å². The number of hydrogen-bond donors (Lipinski definition) is 0. The van der Waals surface area contributed by atoms with Gasteiger partial charge in [0.05, 0.1) is 6.04 Å². The molecular weight excluding hydrogens is 578 g/mol. The van der Waals surface area contributed by atoms with Crippen molar-refractivity contribution in [3.63, 3.8) is 0 Å². The van der Waals surface area contributed by atoms with Crippen LogP contribution in [0.5, 0.6) is 0 Å². The SMILES string of the molecule is CC1([Si](C2=CC3c4cc(F)ccc4N(C4=CCCC=C4)C3C=C2)(C2=CC=CCC2)c2ccccc2)C=CC(c2ccccc2)=CC1. The molecule has 3 aromatic carbocycles. The summed E-state index contributed by atoms with van der Waals surface area (Å²) in [6.07, 6.45) is 33.9. The second kappa shape index (κ2) is 11.7. The molecule has 3 heteroatoms. The van der Waals surface area contributed by atoms with Gasteiger partial charge in [0.15, 0.2) is 8.07 Å². The van der Waals surface area contributed by atoms with Crippen molar-refractivity contribution >= 4 is 24.5 Å². The van der Waals surface area contributed by atoms with Gasteiger partial charge in [-0.2, -0.15) is 0 Å². The predicted octanol–water partition coefficient (Wildman–Crippen LogP) is 10.3. The highest BCUT2D eigenvalue weighted by molar-refractivity contribution is 7.06. The third-order valence-electron chi connectivity index (χ3n) is 10.8. The summed E-state index contributed by atoms with van der Waals surface area (Å²) in [4.78, 5) is 2.45. The van der Waals surface area contributed by atoms with Crippen LogP contribution < -0.4 is 10.1 Å². The Kier molecular flexibility index (Phi) is 7.37. The zero-order valence-corrected chi connectivity index (χ0v) is 27.4. The van der Waals surface area contributed by atoms with E-state index in [2.05, 4.69) is 145 Å². The lowest BCUT2D eigenvalue weighted by Crippen LogP contribution is -2.60. The van der Waals surface area contributed by atoms with Crippen molar-refractivity contribution in [3.8, 4) is 0 Å². The third kappa shape index (κ3) is 4.63. The van der Waals surface area contributed by atoms with Gasteiger partial charge < -0.3 is 4.90 Å². The Morgan fingerprint density at radius 1 is 0.848 bits per heavy atom. The average molecular weight is 618 g/mol. The lowest BCUT2D eigenvalue weighted by Gasteiger charge is -2.51. The first-order chi connectivity index (χ1) is 22.6. The van der Waals surface area contributed by atoms with Gasteiger partial charge in [0.1, 0.15) is 5.82 Å². The number of benzene rings is 3. The van der Waals surface area contributed by atoms with Crippen LogP contribution in [0.2, 0.25) is 5.04 Å². The van der Waals surface area contributed by atoms with E-state index in [0.717, 1.165) is 43.4 Å². The Bertz CT molecular complexity index is 1910. The molecule has 0 aromatic heterocycles. The van der Waals surface area contributed by atoms with Crippen molar-refractivity contribution in [2.24, 2.45) is 0 Å². The van der Waals surface area contributed by atoms with Crippen molar-refractivity contribution in [1.82, 2.24) is 0 Å². The Morgan fingerprint density at radius 3 is 2.39 bits per heavy atom. The molecular formula is C43H40FNSi. The molecule has 1 nitrogen and oxygen atoms in total. The minimum Gasteiger partial charge on any atom is -0.334 e. The molecule has 0 fully saturated rings. The van der Waals surface area contributed by atoms with E-state index >= 15 is 0 Å². The summed E-state index contributed by atoms with van der Waals surface area (Å²) in [5.41, 5.74) is 6.01. The summed E-state index contributed by atoms with van der Waals surface area (Å²) in [6, 6.07) is 27.6. The maximum Gasteiger partial charge on any atom is 0.153 e. The van der Waals surface area contributed by atoms with E-state index in [-0.39, 0.29) is 22.8 Å². The molecule has 0 radical (unpaired) electrons. The van der Waals surface area contributed by atoms with Gasteiger partial charge in [-0.3, -0.25) is 0 Å². The maximum atomic E-state index is 15.0. The van der Waals surface area contributed by atoms with Gasteiger partial charge in [-0.25, -0.2) is 4.39 Å². The van der Waals surface area contributed by atoms with Gasteiger partial charge in [-0.1, -0.05) is 145 Å². The molecule has 0 saturated heterocycles. The number of anilines is 1. The average Bonchev–Trinajstić information content (AvgIpc) is 3.43. The topological polar surface area (TPSA) is 3.24 Å². The predicted molar refractivity (Wildman–Crippen MR) is 194 cm³/mol. The maximum absolute atomic E-state index is 15.0. The molecule has 4 unspecified atom stereocenters. The summed E-state index contributed by atoms with van der Waals surface area (Å²) in [5, 5.41) is 4.36. The number of halogens is 1. The van der Waals surface area contributed by atoms with Gasteiger partial charge in [0.25, 0.3) is 0 Å². The molecule has 8 rings (SSSR count). The first-order valence-corrected chi connectivity index (χ1v) is 18.8. The molecule has 0 saturated carbocycles. The molecule has 4 atom stereocenters. The number of nitrogens with zero attached hydrogens (tertiary/aromatic N) is 1. The first kappa shape index (κ1) is 29.0. The lowest BCUT2D eigenvalue weighted by molar-refractivity contribution is 0.624. The van der Waals surface area contributed by atoms with Gasteiger partial charge in [0, 0.05) is 17.3 Å². The molecule has 3 aromatic rings. The zero-order chi connectivity index (χ0) is 31.1. The highest BCUT2D eigenvalue weighted by Gasteiger charge is 2.55. The zero-order valence-electron chi connectivity index (χ0n) is 26.4. The van der Waals surface area contributed by atoms with E-state index < -0.39 is 8.07 Å². The Morgan fingerprint density at radius 2 is 1.67 bits per heavy atom. The van der Waals surface area contributed by atoms with Crippen LogP contribution in [0.3, 0.4) is 0 Å². The van der Waals surface area contributed by atoms with E-state index in [1.165, 1.54) is 27.2 Å². The fourth-order valence-corrected chi connectivity index (χ4v) is 14.9. The highest BCUT2D eigenvalue weighted by Crippen LogP contribution is 2.56. The largest absolute Gasteiger partial charge is 0.334 e. The highest BCUT2D eigenvalue weighted by atomic mass is 28.3. The van der Waals surface area contributed by atoms with E-state index in [9.17, 15) is 4.39 Å². The van der Waals surface area contributed by atoms with Gasteiger partial charge in [-0.05, 0) is 83.3 Å². The normalized spacial score (nSPS) is 26.0. The number of allylic oxidation sites excluding steroid dienone is 13. The fourth-order valence-electron chi connectivity index (χ4n) is 8.72. The number of fused-ring (bicyclic) bond motifs is 3. The number of rotatable bonds is 6. The molecule has 5 aliphatic rings. The van der Waals surface area contributed by atoms with Crippen LogP contribution in [0.1, 0.15) is 56.1 Å². The number of hydrogen-bond acceptors (Lipinski definition) is 1.